The van der Waals surface area contributed by atoms with E-state index in [0.717, 1.165) is 0 Å². The molecule has 0 radical (unpaired) electrons. The molecule has 25 heavy (non-hydrogen) atoms. The largest absolute Gasteiger partial charge is 0.369 e. The molecule has 17 nitrogen and oxygen atoms in total. The molecule has 0 fully saturated rings. The summed E-state index contributed by atoms with van der Waals surface area (Å²) in [7, 11) is 0. The van der Waals surface area contributed by atoms with Crippen LogP contribution in [0.15, 0.2) is 0 Å². The Morgan fingerprint density at radius 3 is 2.32 bits per heavy atom. The van der Waals surface area contributed by atoms with Gasteiger partial charge in [-0.1, -0.05) is 10.2 Å². The summed E-state index contributed by atoms with van der Waals surface area (Å²) in [4.78, 5) is 15.0. The molecule has 5 rings (SSSR count). The summed E-state index contributed by atoms with van der Waals surface area (Å²) in [6.07, 6.45) is 0. The van der Waals surface area contributed by atoms with Gasteiger partial charge in [0.05, 0.1) is 0 Å². The topological polar surface area (TPSA) is 251 Å². The Morgan fingerprint density at radius 1 is 0.720 bits per heavy atom. The van der Waals surface area contributed by atoms with E-state index in [1.165, 1.54) is 8.80 Å². The molecule has 0 amide bonds. The molecule has 0 aliphatic carbocycles. The molecule has 0 atom stereocenters. The highest BCUT2D eigenvalue weighted by Crippen LogP contribution is 2.13. The number of hydrogen-bond donors (Lipinski definition) is 6. The fourth-order valence-corrected chi connectivity index (χ4v) is 1.98. The van der Waals surface area contributed by atoms with Crippen LogP contribution in [-0.2, 0) is 0 Å². The molecule has 1 aliphatic heterocycles. The van der Waals surface area contributed by atoms with E-state index in [0.29, 0.717) is 11.9 Å². The van der Waals surface area contributed by atoms with Gasteiger partial charge in [0, 0.05) is 0 Å². The summed E-state index contributed by atoms with van der Waals surface area (Å²) >= 11 is 0. The molecule has 0 saturated carbocycles. The summed E-state index contributed by atoms with van der Waals surface area (Å²) in [6.45, 7) is 0. The Hall–Kier alpha value is -4.44. The molecule has 0 aromatic carbocycles. The van der Waals surface area contributed by atoms with Crippen molar-refractivity contribution in [3.63, 3.8) is 0 Å². The van der Waals surface area contributed by atoms with Crippen LogP contribution >= 0.6 is 0 Å². The SMILES string of the molecule is N=c1nc2n3c(nnnc3n1)NN2.Nc1nc(N)n2c(N)nnc2n1. The first kappa shape index (κ1) is 14.2. The van der Waals surface area contributed by atoms with Gasteiger partial charge < -0.3 is 17.2 Å². The average Bonchev–Trinajstić information content (AvgIpc) is 3.13. The van der Waals surface area contributed by atoms with Gasteiger partial charge in [0.2, 0.25) is 29.4 Å². The highest BCUT2D eigenvalue weighted by Gasteiger charge is 2.16. The number of nitrogens with zero attached hydrogens (tertiary/aromatic N) is 11. The van der Waals surface area contributed by atoms with Gasteiger partial charge in [0.25, 0.3) is 17.5 Å². The maximum atomic E-state index is 7.25. The van der Waals surface area contributed by atoms with Gasteiger partial charge in [0.15, 0.2) is 0 Å². The zero-order valence-corrected chi connectivity index (χ0v) is 12.2. The molecular weight excluding hydrogens is 334 g/mol. The smallest absolute Gasteiger partial charge is 0.264 e. The molecule has 5 heterocycles. The lowest BCUT2D eigenvalue weighted by Crippen LogP contribution is -2.16. The van der Waals surface area contributed by atoms with Gasteiger partial charge in [-0.3, -0.25) is 16.3 Å². The minimum atomic E-state index is -0.113. The Bertz CT molecular complexity index is 1150. The van der Waals surface area contributed by atoms with E-state index in [2.05, 4.69) is 56.4 Å². The van der Waals surface area contributed by atoms with E-state index in [1.54, 1.807) is 0 Å². The van der Waals surface area contributed by atoms with E-state index in [9.17, 15) is 0 Å². The summed E-state index contributed by atoms with van der Waals surface area (Å²) in [5.41, 5.74) is 21.5. The molecule has 0 unspecified atom stereocenters. The van der Waals surface area contributed by atoms with Crippen molar-refractivity contribution in [2.45, 2.75) is 0 Å². The standard InChI is InChI=1S/C4H3N9.C4H6N8/c5-1-6-2-8-9-4-11-12-10-3(7-1)13(2)4;5-1-8-2(6)12-3(7)10-11-4(12)9-1/h(H3,5,6,7,8,9,10,11);(H2,7,10)(H4,5,6,8,9,11). The van der Waals surface area contributed by atoms with E-state index >= 15 is 0 Å². The highest BCUT2D eigenvalue weighted by atomic mass is 15.6. The maximum Gasteiger partial charge on any atom is 0.264 e. The van der Waals surface area contributed by atoms with Gasteiger partial charge in [-0.2, -0.15) is 19.9 Å². The third-order valence-corrected chi connectivity index (χ3v) is 2.94. The van der Waals surface area contributed by atoms with Crippen molar-refractivity contribution in [1.29, 1.82) is 5.41 Å². The molecular formula is C8H9N17. The van der Waals surface area contributed by atoms with Crippen LogP contribution in [0.3, 0.4) is 0 Å². The molecule has 9 N–H and O–H groups in total. The van der Waals surface area contributed by atoms with Gasteiger partial charge in [-0.05, 0) is 5.21 Å². The Kier molecular flexibility index (Phi) is 2.86. The third kappa shape index (κ3) is 2.27. The number of nitrogen functional groups attached to an aromatic ring is 3. The first-order valence-corrected chi connectivity index (χ1v) is 6.49. The molecule has 1 aliphatic rings. The van der Waals surface area contributed by atoms with Crippen molar-refractivity contribution in [2.75, 3.05) is 28.1 Å². The fourth-order valence-electron chi connectivity index (χ4n) is 1.98. The van der Waals surface area contributed by atoms with E-state index < -0.39 is 0 Å². The third-order valence-electron chi connectivity index (χ3n) is 2.94. The predicted molar refractivity (Wildman–Crippen MR) is 81.3 cm³/mol. The second kappa shape index (κ2) is 5.04. The van der Waals surface area contributed by atoms with Crippen LogP contribution in [0.5, 0.6) is 0 Å². The van der Waals surface area contributed by atoms with Crippen LogP contribution in [-0.4, -0.2) is 54.3 Å². The van der Waals surface area contributed by atoms with Crippen molar-refractivity contribution in [1.82, 2.24) is 54.3 Å². The molecule has 4 aromatic heterocycles. The van der Waals surface area contributed by atoms with Crippen LogP contribution in [0.4, 0.5) is 29.7 Å². The first-order chi connectivity index (χ1) is 12.0. The first-order valence-electron chi connectivity index (χ1n) is 6.49. The quantitative estimate of drug-likeness (QED) is 0.180. The predicted octanol–water partition coefficient (Wildman–Crippen LogP) is -3.59. The van der Waals surface area contributed by atoms with Gasteiger partial charge in [-0.15, -0.1) is 10.2 Å². The number of rotatable bonds is 0. The number of fused-ring (bicyclic) bond motifs is 1. The second-order valence-electron chi connectivity index (χ2n) is 4.50. The van der Waals surface area contributed by atoms with E-state index in [1.807, 2.05) is 0 Å². The highest BCUT2D eigenvalue weighted by molar-refractivity contribution is 5.53. The molecule has 4 aromatic rings. The molecule has 0 spiro atoms. The number of anilines is 5. The van der Waals surface area contributed by atoms with E-state index in [-0.39, 0.29) is 35.0 Å². The van der Waals surface area contributed by atoms with Crippen LogP contribution in [0.25, 0.3) is 11.6 Å². The molecule has 126 valence electrons. The Morgan fingerprint density at radius 2 is 1.48 bits per heavy atom. The zero-order chi connectivity index (χ0) is 17.6. The minimum Gasteiger partial charge on any atom is -0.369 e. The number of hydrogen-bond acceptors (Lipinski definition) is 15. The summed E-state index contributed by atoms with van der Waals surface area (Å²) < 4.78 is 2.83. The molecule has 0 saturated heterocycles. The van der Waals surface area contributed by atoms with Crippen molar-refractivity contribution in [3.8, 4) is 0 Å². The fraction of sp³-hybridized carbons (Fsp3) is 0. The molecule has 0 bridgehead atoms. The monoisotopic (exact) mass is 343 g/mol. The number of aromatic nitrogens is 11. The summed E-state index contributed by atoms with van der Waals surface area (Å²) in [5.74, 6) is 1.75. The number of hydrazine groups is 1. The number of nitrogens with two attached hydrogens (primary N) is 3. The van der Waals surface area contributed by atoms with Gasteiger partial charge in [0.1, 0.15) is 0 Å². The minimum absolute atomic E-state index is 0.0485. The maximum absolute atomic E-state index is 7.25. The zero-order valence-electron chi connectivity index (χ0n) is 12.2. The van der Waals surface area contributed by atoms with Crippen LogP contribution in [0.1, 0.15) is 0 Å². The van der Waals surface area contributed by atoms with Gasteiger partial charge in [-0.25, -0.2) is 8.80 Å². The van der Waals surface area contributed by atoms with Crippen LogP contribution in [0, 0.1) is 5.41 Å². The van der Waals surface area contributed by atoms with Gasteiger partial charge >= 0.3 is 0 Å². The Labute approximate surface area is 135 Å². The van der Waals surface area contributed by atoms with Crippen molar-refractivity contribution < 1.29 is 0 Å². The summed E-state index contributed by atoms with van der Waals surface area (Å²) in [5, 5.41) is 25.2. The van der Waals surface area contributed by atoms with Crippen LogP contribution in [0.2, 0.25) is 0 Å². The van der Waals surface area contributed by atoms with Crippen LogP contribution < -0.4 is 33.7 Å². The van der Waals surface area contributed by atoms with Crippen molar-refractivity contribution in [3.05, 3.63) is 5.62 Å². The second-order valence-corrected chi connectivity index (χ2v) is 4.50. The number of nitrogens with one attached hydrogen (secondary N) is 3. The van der Waals surface area contributed by atoms with E-state index in [4.69, 9.17) is 22.6 Å². The summed E-state index contributed by atoms with van der Waals surface area (Å²) in [6, 6.07) is 0. The lowest BCUT2D eigenvalue weighted by atomic mass is 10.8. The lowest BCUT2D eigenvalue weighted by Gasteiger charge is -1.98. The normalized spacial score (nSPS) is 11.7. The molecule has 17 heteroatoms. The average molecular weight is 343 g/mol. The van der Waals surface area contributed by atoms with Crippen molar-refractivity contribution >= 4 is 41.3 Å². The van der Waals surface area contributed by atoms with Crippen molar-refractivity contribution in [2.24, 2.45) is 0 Å². The Balaban J connectivity index is 0.000000126. The lowest BCUT2D eigenvalue weighted by molar-refractivity contribution is 0.802.